The minimum absolute atomic E-state index is 0.130. The van der Waals surface area contributed by atoms with E-state index in [1.165, 1.54) is 0 Å². The number of carbonyl (C=O) groups excluding carboxylic acids is 2. The molecule has 1 rings (SSSR count). The first kappa shape index (κ1) is 19.0. The Morgan fingerprint density at radius 2 is 1.74 bits per heavy atom. The van der Waals surface area contributed by atoms with Crippen LogP contribution in [0, 0.1) is 5.92 Å². The van der Waals surface area contributed by atoms with Crippen molar-refractivity contribution in [2.75, 3.05) is 0 Å². The Morgan fingerprint density at radius 1 is 1.17 bits per heavy atom. The van der Waals surface area contributed by atoms with Gasteiger partial charge in [-0.3, -0.25) is 0 Å². The molecule has 0 radical (unpaired) electrons. The Morgan fingerprint density at radius 3 is 2.22 bits per heavy atom. The topological polar surface area (TPSA) is 81.9 Å². The first-order valence-electron chi connectivity index (χ1n) is 7.59. The van der Waals surface area contributed by atoms with E-state index in [0.717, 1.165) is 10.6 Å². The van der Waals surface area contributed by atoms with Gasteiger partial charge >= 0.3 is 12.1 Å². The third kappa shape index (κ3) is 6.28. The lowest BCUT2D eigenvalue weighted by Crippen LogP contribution is -2.54. The van der Waals surface area contributed by atoms with Crippen LogP contribution < -0.4 is 5.84 Å². The van der Waals surface area contributed by atoms with E-state index in [4.69, 9.17) is 15.3 Å². The average molecular weight is 322 g/mol. The second kappa shape index (κ2) is 7.97. The summed E-state index contributed by atoms with van der Waals surface area (Å²) in [5.74, 6) is 5.03. The van der Waals surface area contributed by atoms with Gasteiger partial charge in [0.25, 0.3) is 0 Å². The fraction of sp³-hybridized carbons (Fsp3) is 0.529. The van der Waals surface area contributed by atoms with Gasteiger partial charge in [0.15, 0.2) is 6.04 Å². The number of ether oxygens (including phenoxy) is 2. The van der Waals surface area contributed by atoms with Crippen molar-refractivity contribution in [3.63, 3.8) is 0 Å². The van der Waals surface area contributed by atoms with Crippen LogP contribution in [-0.2, 0) is 20.9 Å². The molecule has 0 spiro atoms. The molecule has 0 saturated heterocycles. The second-order valence-electron chi connectivity index (χ2n) is 6.67. The Hall–Kier alpha value is -2.08. The van der Waals surface area contributed by atoms with E-state index in [2.05, 4.69) is 0 Å². The van der Waals surface area contributed by atoms with Crippen LogP contribution in [0.1, 0.15) is 40.2 Å². The molecular weight excluding hydrogens is 296 g/mol. The molecule has 0 fully saturated rings. The molecular formula is C17H26N2O4. The lowest BCUT2D eigenvalue weighted by atomic mass is 10.0. The van der Waals surface area contributed by atoms with Crippen LogP contribution in [0.4, 0.5) is 4.79 Å². The zero-order chi connectivity index (χ0) is 17.6. The summed E-state index contributed by atoms with van der Waals surface area (Å²) in [6.07, 6.45) is -0.757. The molecule has 1 amide bonds. The van der Waals surface area contributed by atoms with E-state index < -0.39 is 23.7 Å². The molecule has 1 atom stereocenters. The molecule has 1 aromatic carbocycles. The van der Waals surface area contributed by atoms with Crippen LogP contribution in [-0.4, -0.2) is 28.7 Å². The highest BCUT2D eigenvalue weighted by Crippen LogP contribution is 2.15. The van der Waals surface area contributed by atoms with Gasteiger partial charge < -0.3 is 9.47 Å². The molecule has 0 saturated carbocycles. The maximum atomic E-state index is 12.3. The summed E-state index contributed by atoms with van der Waals surface area (Å²) in [5.41, 5.74) is 0.175. The Bertz CT molecular complexity index is 523. The molecule has 1 unspecified atom stereocenters. The second-order valence-corrected chi connectivity index (χ2v) is 6.67. The zero-order valence-corrected chi connectivity index (χ0v) is 14.4. The van der Waals surface area contributed by atoms with E-state index in [1.54, 1.807) is 34.6 Å². The van der Waals surface area contributed by atoms with Crippen LogP contribution in [0.25, 0.3) is 0 Å². The SMILES string of the molecule is CC(C)C(C(=O)OCc1ccccc1)N(N)C(=O)OC(C)(C)C. The van der Waals surface area contributed by atoms with Gasteiger partial charge in [0.05, 0.1) is 0 Å². The maximum Gasteiger partial charge on any atom is 0.425 e. The van der Waals surface area contributed by atoms with Crippen molar-refractivity contribution in [3.8, 4) is 0 Å². The van der Waals surface area contributed by atoms with Crippen molar-refractivity contribution in [1.29, 1.82) is 0 Å². The van der Waals surface area contributed by atoms with Gasteiger partial charge in [-0.15, -0.1) is 0 Å². The summed E-state index contributed by atoms with van der Waals surface area (Å²) in [7, 11) is 0. The lowest BCUT2D eigenvalue weighted by molar-refractivity contribution is -0.153. The van der Waals surface area contributed by atoms with Crippen molar-refractivity contribution >= 4 is 12.1 Å². The van der Waals surface area contributed by atoms with Gasteiger partial charge in [0.1, 0.15) is 12.2 Å². The third-order valence-electron chi connectivity index (χ3n) is 3.00. The molecule has 0 aliphatic heterocycles. The first-order valence-corrected chi connectivity index (χ1v) is 7.59. The van der Waals surface area contributed by atoms with Crippen LogP contribution in [0.15, 0.2) is 30.3 Å². The van der Waals surface area contributed by atoms with E-state index in [0.29, 0.717) is 0 Å². The molecule has 0 aliphatic carbocycles. The quantitative estimate of drug-likeness (QED) is 0.390. The van der Waals surface area contributed by atoms with Gasteiger partial charge in [-0.2, -0.15) is 0 Å². The molecule has 2 N–H and O–H groups in total. The normalized spacial score (nSPS) is 12.7. The summed E-state index contributed by atoms with van der Waals surface area (Å²) in [6.45, 7) is 8.91. The number of rotatable bonds is 5. The fourth-order valence-electron chi connectivity index (χ4n) is 1.95. The predicted molar refractivity (Wildman–Crippen MR) is 87.1 cm³/mol. The number of hydrazine groups is 1. The maximum absolute atomic E-state index is 12.3. The Balaban J connectivity index is 2.72. The molecule has 0 heterocycles. The lowest BCUT2D eigenvalue weighted by Gasteiger charge is -2.30. The fourth-order valence-corrected chi connectivity index (χ4v) is 1.95. The van der Waals surface area contributed by atoms with Crippen LogP contribution in [0.3, 0.4) is 0 Å². The van der Waals surface area contributed by atoms with E-state index >= 15 is 0 Å². The number of carbonyl (C=O) groups is 2. The van der Waals surface area contributed by atoms with Gasteiger partial charge in [-0.05, 0) is 32.3 Å². The summed E-state index contributed by atoms with van der Waals surface area (Å²) < 4.78 is 10.5. The van der Waals surface area contributed by atoms with Gasteiger partial charge in [0.2, 0.25) is 0 Å². The van der Waals surface area contributed by atoms with Crippen LogP contribution in [0.5, 0.6) is 0 Å². The third-order valence-corrected chi connectivity index (χ3v) is 3.00. The first-order chi connectivity index (χ1) is 10.6. The number of nitrogens with two attached hydrogens (primary N) is 1. The van der Waals surface area contributed by atoms with Gasteiger partial charge in [-0.1, -0.05) is 44.2 Å². The highest BCUT2D eigenvalue weighted by Gasteiger charge is 2.34. The Kier molecular flexibility index (Phi) is 6.57. The highest BCUT2D eigenvalue weighted by atomic mass is 16.6. The largest absolute Gasteiger partial charge is 0.459 e. The van der Waals surface area contributed by atoms with E-state index in [1.807, 2.05) is 30.3 Å². The van der Waals surface area contributed by atoms with Crippen molar-refractivity contribution < 1.29 is 19.1 Å². The number of amides is 1. The molecule has 6 nitrogen and oxygen atoms in total. The molecule has 23 heavy (non-hydrogen) atoms. The molecule has 1 aromatic rings. The van der Waals surface area contributed by atoms with E-state index in [-0.39, 0.29) is 12.5 Å². The molecule has 0 bridgehead atoms. The number of benzene rings is 1. The van der Waals surface area contributed by atoms with E-state index in [9.17, 15) is 9.59 Å². The standard InChI is InChI=1S/C17H26N2O4/c1-12(2)14(19(18)16(21)23-17(3,4)5)15(20)22-11-13-9-7-6-8-10-13/h6-10,12,14H,11,18H2,1-5H3. The summed E-state index contributed by atoms with van der Waals surface area (Å²) in [5, 5.41) is 0.809. The number of hydrogen-bond acceptors (Lipinski definition) is 5. The number of esters is 1. The van der Waals surface area contributed by atoms with Crippen LogP contribution >= 0.6 is 0 Å². The molecule has 0 aliphatic rings. The summed E-state index contributed by atoms with van der Waals surface area (Å²) in [4.78, 5) is 24.4. The highest BCUT2D eigenvalue weighted by molar-refractivity contribution is 5.81. The zero-order valence-electron chi connectivity index (χ0n) is 14.4. The predicted octanol–water partition coefficient (Wildman–Crippen LogP) is 2.87. The summed E-state index contributed by atoms with van der Waals surface area (Å²) in [6, 6.07) is 8.40. The van der Waals surface area contributed by atoms with Gasteiger partial charge in [0, 0.05) is 0 Å². The average Bonchev–Trinajstić information content (AvgIpc) is 2.44. The molecule has 0 aromatic heterocycles. The number of nitrogens with zero attached hydrogens (tertiary/aromatic N) is 1. The minimum Gasteiger partial charge on any atom is -0.459 e. The van der Waals surface area contributed by atoms with Crippen molar-refractivity contribution in [3.05, 3.63) is 35.9 Å². The van der Waals surface area contributed by atoms with Gasteiger partial charge in [-0.25, -0.2) is 20.4 Å². The van der Waals surface area contributed by atoms with Crippen molar-refractivity contribution in [2.45, 2.75) is 52.9 Å². The summed E-state index contributed by atoms with van der Waals surface area (Å²) >= 11 is 0. The molecule has 6 heteroatoms. The Labute approximate surface area is 137 Å². The van der Waals surface area contributed by atoms with Crippen molar-refractivity contribution in [1.82, 2.24) is 5.01 Å². The number of hydrogen-bond donors (Lipinski definition) is 1. The molecule has 128 valence electrons. The minimum atomic E-state index is -0.909. The van der Waals surface area contributed by atoms with Crippen LogP contribution in [0.2, 0.25) is 0 Å². The monoisotopic (exact) mass is 322 g/mol. The van der Waals surface area contributed by atoms with Crippen molar-refractivity contribution in [2.24, 2.45) is 11.8 Å². The smallest absolute Gasteiger partial charge is 0.425 e.